The van der Waals surface area contributed by atoms with Gasteiger partial charge in [-0.2, -0.15) is 0 Å². The molecule has 4 heteroatoms. The zero-order valence-electron chi connectivity index (χ0n) is 11.6. The van der Waals surface area contributed by atoms with E-state index >= 15 is 0 Å². The van der Waals surface area contributed by atoms with Gasteiger partial charge in [0, 0.05) is 29.3 Å². The number of aromatic nitrogens is 1. The first-order valence-electron chi connectivity index (χ1n) is 6.26. The highest BCUT2D eigenvalue weighted by Gasteiger charge is 2.24. The van der Waals surface area contributed by atoms with Crippen molar-refractivity contribution in [3.8, 4) is 11.3 Å². The Kier molecular flexibility index (Phi) is 3.66. The average molecular weight is 275 g/mol. The third kappa shape index (κ3) is 3.07. The molecular formula is C16H15F2NO. The molecule has 0 radical (unpaired) electrons. The second-order valence-corrected chi connectivity index (χ2v) is 4.91. The van der Waals surface area contributed by atoms with Crippen molar-refractivity contribution in [1.82, 2.24) is 4.98 Å². The summed E-state index contributed by atoms with van der Waals surface area (Å²) in [6.45, 7) is 4.10. The summed E-state index contributed by atoms with van der Waals surface area (Å²) in [6, 6.07) is 9.38. The van der Waals surface area contributed by atoms with E-state index in [0.717, 1.165) is 6.92 Å². The molecule has 0 atom stereocenters. The number of carbonyl (C=O) groups excluding carboxylic acids is 1. The SMILES string of the molecule is CC(=O)c1cc(C)nc(-c2cccc(C(C)(F)F)c2)c1. The van der Waals surface area contributed by atoms with E-state index in [1.807, 2.05) is 0 Å². The minimum atomic E-state index is -2.90. The quantitative estimate of drug-likeness (QED) is 0.778. The molecule has 0 aliphatic heterocycles. The summed E-state index contributed by atoms with van der Waals surface area (Å²) in [5.74, 6) is -2.97. The van der Waals surface area contributed by atoms with Gasteiger partial charge in [0.1, 0.15) is 0 Å². The van der Waals surface area contributed by atoms with Crippen LogP contribution in [-0.2, 0) is 5.92 Å². The van der Waals surface area contributed by atoms with Crippen molar-refractivity contribution in [2.75, 3.05) is 0 Å². The predicted molar refractivity (Wildman–Crippen MR) is 74.0 cm³/mol. The van der Waals surface area contributed by atoms with Crippen molar-refractivity contribution in [1.29, 1.82) is 0 Å². The summed E-state index contributed by atoms with van der Waals surface area (Å²) in [7, 11) is 0. The first-order valence-corrected chi connectivity index (χ1v) is 6.26. The number of Topliss-reactive ketones (excluding diaryl/α,β-unsaturated/α-hetero) is 1. The molecule has 0 spiro atoms. The fourth-order valence-corrected chi connectivity index (χ4v) is 1.97. The molecule has 0 unspecified atom stereocenters. The molecule has 1 heterocycles. The van der Waals surface area contributed by atoms with Crippen molar-refractivity contribution < 1.29 is 13.6 Å². The fourth-order valence-electron chi connectivity index (χ4n) is 1.97. The van der Waals surface area contributed by atoms with E-state index in [4.69, 9.17) is 0 Å². The Hall–Kier alpha value is -2.10. The standard InChI is InChI=1S/C16H15F2NO/c1-10-7-13(11(2)20)9-15(19-10)12-5-4-6-14(8-12)16(3,17)18/h4-9H,1-3H3. The van der Waals surface area contributed by atoms with Gasteiger partial charge >= 0.3 is 0 Å². The molecule has 0 saturated carbocycles. The highest BCUT2D eigenvalue weighted by molar-refractivity contribution is 5.95. The molecule has 2 aromatic rings. The zero-order chi connectivity index (χ0) is 14.9. The van der Waals surface area contributed by atoms with Gasteiger partial charge in [0.25, 0.3) is 5.92 Å². The van der Waals surface area contributed by atoms with Gasteiger partial charge in [-0.3, -0.25) is 9.78 Å². The number of ketones is 1. The summed E-state index contributed by atoms with van der Waals surface area (Å²) in [5.41, 5.74) is 2.25. The van der Waals surface area contributed by atoms with Gasteiger partial charge in [0.15, 0.2) is 5.78 Å². The molecule has 0 bridgehead atoms. The summed E-state index contributed by atoms with van der Waals surface area (Å²) >= 11 is 0. The van der Waals surface area contributed by atoms with Gasteiger partial charge in [0.05, 0.1) is 5.69 Å². The number of hydrogen-bond acceptors (Lipinski definition) is 2. The predicted octanol–water partition coefficient (Wildman–Crippen LogP) is 4.37. The topological polar surface area (TPSA) is 30.0 Å². The van der Waals surface area contributed by atoms with E-state index in [1.54, 1.807) is 31.2 Å². The largest absolute Gasteiger partial charge is 0.295 e. The maximum Gasteiger partial charge on any atom is 0.270 e. The molecule has 1 aromatic heterocycles. The molecule has 0 aliphatic carbocycles. The summed E-state index contributed by atoms with van der Waals surface area (Å²) < 4.78 is 26.7. The number of hydrogen-bond donors (Lipinski definition) is 0. The summed E-state index contributed by atoms with van der Waals surface area (Å²) in [4.78, 5) is 15.8. The van der Waals surface area contributed by atoms with Gasteiger partial charge in [-0.15, -0.1) is 0 Å². The van der Waals surface area contributed by atoms with Crippen LogP contribution < -0.4 is 0 Å². The van der Waals surface area contributed by atoms with Crippen LogP contribution >= 0.6 is 0 Å². The average Bonchev–Trinajstić information content (AvgIpc) is 2.37. The van der Waals surface area contributed by atoms with Crippen molar-refractivity contribution in [3.05, 3.63) is 53.2 Å². The second kappa shape index (κ2) is 5.12. The molecule has 1 aromatic carbocycles. The third-order valence-corrected chi connectivity index (χ3v) is 3.03. The van der Waals surface area contributed by atoms with E-state index in [9.17, 15) is 13.6 Å². The third-order valence-electron chi connectivity index (χ3n) is 3.03. The number of nitrogens with zero attached hydrogens (tertiary/aromatic N) is 1. The van der Waals surface area contributed by atoms with E-state index in [1.165, 1.54) is 19.1 Å². The minimum absolute atomic E-state index is 0.0670. The fraction of sp³-hybridized carbons (Fsp3) is 0.250. The molecule has 0 aliphatic rings. The molecule has 2 rings (SSSR count). The van der Waals surface area contributed by atoms with Gasteiger partial charge in [0.2, 0.25) is 0 Å². The Labute approximate surface area is 116 Å². The maximum atomic E-state index is 13.4. The highest BCUT2D eigenvalue weighted by atomic mass is 19.3. The Morgan fingerprint density at radius 2 is 1.90 bits per heavy atom. The summed E-state index contributed by atoms with van der Waals surface area (Å²) in [5, 5.41) is 0. The highest BCUT2D eigenvalue weighted by Crippen LogP contribution is 2.30. The number of benzene rings is 1. The molecule has 20 heavy (non-hydrogen) atoms. The van der Waals surface area contributed by atoms with Crippen LogP contribution in [0.2, 0.25) is 0 Å². The number of rotatable bonds is 3. The Morgan fingerprint density at radius 1 is 1.20 bits per heavy atom. The molecular weight excluding hydrogens is 260 g/mol. The van der Waals surface area contributed by atoms with E-state index in [0.29, 0.717) is 22.5 Å². The van der Waals surface area contributed by atoms with Crippen LogP contribution in [0.4, 0.5) is 8.78 Å². The first kappa shape index (κ1) is 14.3. The van der Waals surface area contributed by atoms with E-state index in [-0.39, 0.29) is 11.3 Å². The monoisotopic (exact) mass is 275 g/mol. The second-order valence-electron chi connectivity index (χ2n) is 4.91. The molecule has 0 N–H and O–H groups in total. The van der Waals surface area contributed by atoms with Crippen LogP contribution in [0.25, 0.3) is 11.3 Å². The molecule has 2 nitrogen and oxygen atoms in total. The number of aryl methyl sites for hydroxylation is 1. The van der Waals surface area contributed by atoms with Crippen LogP contribution in [0.3, 0.4) is 0 Å². The molecule has 0 fully saturated rings. The lowest BCUT2D eigenvalue weighted by Crippen LogP contribution is -2.06. The smallest absolute Gasteiger partial charge is 0.270 e. The van der Waals surface area contributed by atoms with E-state index < -0.39 is 5.92 Å². The molecule has 0 amide bonds. The minimum Gasteiger partial charge on any atom is -0.295 e. The van der Waals surface area contributed by atoms with Gasteiger partial charge < -0.3 is 0 Å². The van der Waals surface area contributed by atoms with Crippen molar-refractivity contribution in [2.45, 2.75) is 26.7 Å². The first-order chi connectivity index (χ1) is 9.27. The lowest BCUT2D eigenvalue weighted by Gasteiger charge is -2.12. The maximum absolute atomic E-state index is 13.4. The normalized spacial score (nSPS) is 11.4. The molecule has 104 valence electrons. The Morgan fingerprint density at radius 3 is 2.50 bits per heavy atom. The number of halogens is 2. The lowest BCUT2D eigenvalue weighted by atomic mass is 10.0. The number of pyridine rings is 1. The van der Waals surface area contributed by atoms with Crippen molar-refractivity contribution in [2.24, 2.45) is 0 Å². The van der Waals surface area contributed by atoms with Crippen LogP contribution in [0.1, 0.15) is 35.5 Å². The summed E-state index contributed by atoms with van der Waals surface area (Å²) in [6.07, 6.45) is 0. The van der Waals surface area contributed by atoms with Crippen LogP contribution in [0.5, 0.6) is 0 Å². The van der Waals surface area contributed by atoms with Crippen LogP contribution in [-0.4, -0.2) is 10.8 Å². The van der Waals surface area contributed by atoms with Gasteiger partial charge in [-0.25, -0.2) is 8.78 Å². The Balaban J connectivity index is 2.54. The van der Waals surface area contributed by atoms with Crippen molar-refractivity contribution in [3.63, 3.8) is 0 Å². The Bertz CT molecular complexity index is 660. The van der Waals surface area contributed by atoms with Gasteiger partial charge in [-0.1, -0.05) is 18.2 Å². The van der Waals surface area contributed by atoms with Crippen molar-refractivity contribution >= 4 is 5.78 Å². The number of alkyl halides is 2. The van der Waals surface area contributed by atoms with Crippen LogP contribution in [0, 0.1) is 6.92 Å². The van der Waals surface area contributed by atoms with E-state index in [2.05, 4.69) is 4.98 Å². The van der Waals surface area contributed by atoms with Crippen LogP contribution in [0.15, 0.2) is 36.4 Å². The number of carbonyl (C=O) groups is 1. The van der Waals surface area contributed by atoms with Gasteiger partial charge in [-0.05, 0) is 32.0 Å². The zero-order valence-corrected chi connectivity index (χ0v) is 11.6. The lowest BCUT2D eigenvalue weighted by molar-refractivity contribution is 0.0175. The molecule has 0 saturated heterocycles.